The van der Waals surface area contributed by atoms with Crippen molar-refractivity contribution in [3.05, 3.63) is 54.1 Å². The van der Waals surface area contributed by atoms with Gasteiger partial charge in [0.15, 0.2) is 0 Å². The predicted molar refractivity (Wildman–Crippen MR) is 128 cm³/mol. The average molecular weight is 457 g/mol. The van der Waals surface area contributed by atoms with Crippen LogP contribution in [-0.2, 0) is 4.74 Å². The fraction of sp³-hybridized carbons (Fsp3) is 0.538. The average Bonchev–Trinajstić information content (AvgIpc) is 2.99. The van der Waals surface area contributed by atoms with Gasteiger partial charge >= 0.3 is 0 Å². The first kappa shape index (κ1) is 23.8. The molecule has 2 aromatic carbocycles. The van der Waals surface area contributed by atoms with Crippen LogP contribution >= 0.6 is 0 Å². The van der Waals surface area contributed by atoms with Gasteiger partial charge in [-0.2, -0.15) is 0 Å². The topological polar surface area (TPSA) is 74.6 Å². The van der Waals surface area contributed by atoms with Crippen LogP contribution in [0.4, 0.5) is 5.69 Å². The summed E-state index contributed by atoms with van der Waals surface area (Å²) in [6.45, 7) is 6.08. The molecule has 1 atom stereocenters. The van der Waals surface area contributed by atoms with E-state index in [1.54, 1.807) is 7.11 Å². The van der Waals surface area contributed by atoms with E-state index in [4.69, 9.17) is 14.2 Å². The van der Waals surface area contributed by atoms with Gasteiger partial charge in [-0.1, -0.05) is 12.1 Å². The summed E-state index contributed by atoms with van der Waals surface area (Å²) >= 11 is 0. The van der Waals surface area contributed by atoms with E-state index in [0.717, 1.165) is 35.8 Å². The summed E-state index contributed by atoms with van der Waals surface area (Å²) in [5, 5.41) is 22.5. The molecule has 2 N–H and O–H groups in total. The van der Waals surface area contributed by atoms with Gasteiger partial charge in [0.05, 0.1) is 25.9 Å². The first-order chi connectivity index (χ1) is 15.9. The smallest absolute Gasteiger partial charge is 0.134 e. The van der Waals surface area contributed by atoms with Crippen molar-refractivity contribution in [1.29, 1.82) is 0 Å². The lowest BCUT2D eigenvalue weighted by Crippen LogP contribution is -2.55. The minimum absolute atomic E-state index is 0.149. The second-order valence-electron chi connectivity index (χ2n) is 9.50. The maximum absolute atomic E-state index is 11.3. The van der Waals surface area contributed by atoms with E-state index < -0.39 is 11.2 Å². The van der Waals surface area contributed by atoms with Crippen LogP contribution in [0.1, 0.15) is 18.4 Å². The molecule has 0 aliphatic carbocycles. The van der Waals surface area contributed by atoms with Gasteiger partial charge in [-0.15, -0.1) is 0 Å². The Kier molecular flexibility index (Phi) is 7.44. The molecule has 0 amide bonds. The van der Waals surface area contributed by atoms with E-state index in [1.807, 2.05) is 43.3 Å². The van der Waals surface area contributed by atoms with E-state index in [-0.39, 0.29) is 13.2 Å². The molecule has 2 aliphatic rings. The maximum atomic E-state index is 11.3. The van der Waals surface area contributed by atoms with Crippen LogP contribution in [0, 0.1) is 6.92 Å². The second kappa shape index (κ2) is 10.3. The van der Waals surface area contributed by atoms with E-state index in [0.29, 0.717) is 39.1 Å². The van der Waals surface area contributed by atoms with E-state index in [1.165, 1.54) is 0 Å². The molecule has 2 aromatic rings. The highest BCUT2D eigenvalue weighted by Gasteiger charge is 2.39. The molecule has 0 aromatic heterocycles. The molecule has 180 valence electrons. The Bertz CT molecular complexity index is 898. The normalized spacial score (nSPS) is 23.7. The number of hydrogen-bond acceptors (Lipinski definition) is 7. The van der Waals surface area contributed by atoms with Crippen molar-refractivity contribution in [3.8, 4) is 11.5 Å². The number of methoxy groups -OCH3 is 1. The zero-order valence-corrected chi connectivity index (χ0v) is 19.7. The number of ether oxygens (including phenoxy) is 3. The highest BCUT2D eigenvalue weighted by Crippen LogP contribution is 2.29. The molecule has 0 bridgehead atoms. The van der Waals surface area contributed by atoms with E-state index in [9.17, 15) is 10.2 Å². The van der Waals surface area contributed by atoms with Gasteiger partial charge in [-0.3, -0.25) is 4.90 Å². The van der Waals surface area contributed by atoms with Crippen molar-refractivity contribution in [3.63, 3.8) is 0 Å². The van der Waals surface area contributed by atoms with Gasteiger partial charge in [0.1, 0.15) is 23.7 Å². The molecule has 7 nitrogen and oxygen atoms in total. The Morgan fingerprint density at radius 2 is 1.73 bits per heavy atom. The Morgan fingerprint density at radius 3 is 2.42 bits per heavy atom. The molecule has 2 aliphatic heterocycles. The molecule has 2 fully saturated rings. The summed E-state index contributed by atoms with van der Waals surface area (Å²) in [6, 6.07) is 15.9. The standard InChI is InChI=1S/C26H36N2O5/c1-21-4-3-5-24(16-21)33-20-26(30)18-27(14-15-32-19-26)17-25(29)10-12-28(13-11-25)22-6-8-23(31-2)9-7-22/h3-9,16,29-30H,10-15,17-20H2,1-2H3. The fourth-order valence-electron chi connectivity index (χ4n) is 4.69. The molecular weight excluding hydrogens is 420 g/mol. The van der Waals surface area contributed by atoms with Crippen LogP contribution in [-0.4, -0.2) is 86.0 Å². The summed E-state index contributed by atoms with van der Waals surface area (Å²) in [5.74, 6) is 1.58. The highest BCUT2D eigenvalue weighted by molar-refractivity contribution is 5.49. The van der Waals surface area contributed by atoms with Gasteiger partial charge in [0.25, 0.3) is 0 Å². The molecule has 1 unspecified atom stereocenters. The third kappa shape index (κ3) is 6.38. The lowest BCUT2D eigenvalue weighted by molar-refractivity contribution is -0.0742. The van der Waals surface area contributed by atoms with Gasteiger partial charge in [0.2, 0.25) is 0 Å². The minimum atomic E-state index is -1.12. The number of rotatable bonds is 7. The molecule has 4 rings (SSSR count). The number of aryl methyl sites for hydroxylation is 1. The number of piperidine rings is 1. The number of hydrogen-bond donors (Lipinski definition) is 2. The number of nitrogens with zero attached hydrogens (tertiary/aromatic N) is 2. The molecular formula is C26H36N2O5. The third-order valence-corrected chi connectivity index (χ3v) is 6.59. The highest BCUT2D eigenvalue weighted by atomic mass is 16.5. The van der Waals surface area contributed by atoms with Crippen molar-refractivity contribution < 1.29 is 24.4 Å². The first-order valence-corrected chi connectivity index (χ1v) is 11.7. The quantitative estimate of drug-likeness (QED) is 0.663. The molecule has 33 heavy (non-hydrogen) atoms. The zero-order chi connectivity index (χ0) is 23.3. The molecule has 0 radical (unpaired) electrons. The van der Waals surface area contributed by atoms with Gasteiger partial charge in [0, 0.05) is 38.4 Å². The Labute approximate surface area is 196 Å². The molecule has 2 heterocycles. The molecule has 2 saturated heterocycles. The van der Waals surface area contributed by atoms with Crippen LogP contribution < -0.4 is 14.4 Å². The van der Waals surface area contributed by atoms with Crippen molar-refractivity contribution in [2.45, 2.75) is 31.0 Å². The first-order valence-electron chi connectivity index (χ1n) is 11.7. The van der Waals surface area contributed by atoms with Crippen molar-refractivity contribution >= 4 is 5.69 Å². The zero-order valence-electron chi connectivity index (χ0n) is 19.7. The monoisotopic (exact) mass is 456 g/mol. The number of benzene rings is 2. The summed E-state index contributed by atoms with van der Waals surface area (Å²) in [4.78, 5) is 4.42. The fourth-order valence-corrected chi connectivity index (χ4v) is 4.69. The van der Waals surface area contributed by atoms with Crippen LogP contribution in [0.2, 0.25) is 0 Å². The maximum Gasteiger partial charge on any atom is 0.134 e. The van der Waals surface area contributed by atoms with Crippen molar-refractivity contribution in [2.24, 2.45) is 0 Å². The molecule has 7 heteroatoms. The van der Waals surface area contributed by atoms with E-state index >= 15 is 0 Å². The van der Waals surface area contributed by atoms with Crippen molar-refractivity contribution in [1.82, 2.24) is 4.90 Å². The summed E-state index contributed by atoms with van der Waals surface area (Å²) in [6.07, 6.45) is 1.35. The van der Waals surface area contributed by atoms with Crippen LogP contribution in [0.3, 0.4) is 0 Å². The Morgan fingerprint density at radius 1 is 0.970 bits per heavy atom. The van der Waals surface area contributed by atoms with E-state index in [2.05, 4.69) is 21.9 Å². The van der Waals surface area contributed by atoms with Gasteiger partial charge < -0.3 is 29.3 Å². The Balaban J connectivity index is 1.32. The van der Waals surface area contributed by atoms with Crippen LogP contribution in [0.25, 0.3) is 0 Å². The van der Waals surface area contributed by atoms with Gasteiger partial charge in [-0.25, -0.2) is 0 Å². The summed E-state index contributed by atoms with van der Waals surface area (Å²) in [5.41, 5.74) is 0.344. The molecule has 0 saturated carbocycles. The van der Waals surface area contributed by atoms with Crippen LogP contribution in [0.5, 0.6) is 11.5 Å². The lowest BCUT2D eigenvalue weighted by atomic mass is 9.90. The number of β-amino-alcohol motifs (C(OH)–C–C–N with tert-alkyl or cyclic N) is 2. The minimum Gasteiger partial charge on any atom is -0.497 e. The third-order valence-electron chi connectivity index (χ3n) is 6.59. The second-order valence-corrected chi connectivity index (χ2v) is 9.50. The summed E-state index contributed by atoms with van der Waals surface area (Å²) in [7, 11) is 1.67. The number of aliphatic hydroxyl groups is 2. The predicted octanol–water partition coefficient (Wildman–Crippen LogP) is 2.48. The van der Waals surface area contributed by atoms with Crippen molar-refractivity contribution in [2.75, 3.05) is 64.6 Å². The van der Waals surface area contributed by atoms with Crippen LogP contribution in [0.15, 0.2) is 48.5 Å². The Hall–Kier alpha value is -2.32. The van der Waals surface area contributed by atoms with Gasteiger partial charge in [-0.05, 0) is 61.7 Å². The number of anilines is 1. The largest absolute Gasteiger partial charge is 0.497 e. The summed E-state index contributed by atoms with van der Waals surface area (Å²) < 4.78 is 16.8. The SMILES string of the molecule is COc1ccc(N2CCC(O)(CN3CCOCC(O)(COc4cccc(C)c4)C3)CC2)cc1. The lowest BCUT2D eigenvalue weighted by Gasteiger charge is -2.42. The molecule has 0 spiro atoms.